The lowest BCUT2D eigenvalue weighted by molar-refractivity contribution is -0.114. The quantitative estimate of drug-likeness (QED) is 0.372. The molecule has 0 amide bonds. The fraction of sp³-hybridized carbons (Fsp3) is 0.857. The fourth-order valence-corrected chi connectivity index (χ4v) is 9.01. The zero-order valence-corrected chi connectivity index (χ0v) is 19.8. The maximum atomic E-state index is 9.63. The van der Waals surface area contributed by atoms with E-state index in [2.05, 4.69) is 32.9 Å². The van der Waals surface area contributed by atoms with Gasteiger partial charge in [0.05, 0.1) is 5.76 Å². The number of allylic oxidation sites excluding steroid dienone is 4. The van der Waals surface area contributed by atoms with Gasteiger partial charge in [-0.15, -0.1) is 0 Å². The van der Waals surface area contributed by atoms with Crippen molar-refractivity contribution in [3.05, 3.63) is 23.5 Å². The normalized spacial score (nSPS) is 46.6. The van der Waals surface area contributed by atoms with Crippen molar-refractivity contribution in [2.75, 3.05) is 0 Å². The third-order valence-corrected chi connectivity index (χ3v) is 10.8. The molecule has 1 nitrogen and oxygen atoms in total. The summed E-state index contributed by atoms with van der Waals surface area (Å²) >= 11 is 0. The second-order valence-electron chi connectivity index (χ2n) is 12.0. The van der Waals surface area contributed by atoms with E-state index >= 15 is 0 Å². The Hall–Kier alpha value is -0.720. The van der Waals surface area contributed by atoms with Gasteiger partial charge in [-0.1, -0.05) is 45.8 Å². The first-order chi connectivity index (χ1) is 13.8. The van der Waals surface area contributed by atoms with Crippen LogP contribution in [-0.2, 0) is 0 Å². The molecule has 1 unspecified atom stereocenters. The summed E-state index contributed by atoms with van der Waals surface area (Å²) in [4.78, 5) is 0. The summed E-state index contributed by atoms with van der Waals surface area (Å²) in [5.41, 5.74) is 2.25. The van der Waals surface area contributed by atoms with Crippen LogP contribution in [0.3, 0.4) is 0 Å². The summed E-state index contributed by atoms with van der Waals surface area (Å²) in [5.74, 6) is 6.15. The summed E-state index contributed by atoms with van der Waals surface area (Å²) in [6.45, 7) is 11.7. The van der Waals surface area contributed by atoms with Gasteiger partial charge in [0, 0.05) is 0 Å². The van der Waals surface area contributed by atoms with E-state index in [1.807, 2.05) is 6.92 Å². The largest absolute Gasteiger partial charge is 0.512 e. The molecule has 0 radical (unpaired) electrons. The Morgan fingerprint density at radius 1 is 0.931 bits per heavy atom. The van der Waals surface area contributed by atoms with Crippen LogP contribution in [0, 0.1) is 46.3 Å². The number of rotatable bonds is 4. The van der Waals surface area contributed by atoms with Crippen LogP contribution in [0.25, 0.3) is 0 Å². The molecule has 0 saturated heterocycles. The number of hydrogen-bond donors (Lipinski definition) is 1. The van der Waals surface area contributed by atoms with E-state index in [4.69, 9.17) is 0 Å². The molecular formula is C28H46O. The van der Waals surface area contributed by atoms with Gasteiger partial charge in [0.1, 0.15) is 0 Å². The van der Waals surface area contributed by atoms with E-state index in [-0.39, 0.29) is 0 Å². The monoisotopic (exact) mass is 398 g/mol. The highest BCUT2D eigenvalue weighted by molar-refractivity contribution is 5.18. The Bertz CT molecular complexity index is 655. The third-order valence-electron chi connectivity index (χ3n) is 10.8. The van der Waals surface area contributed by atoms with E-state index < -0.39 is 0 Å². The topological polar surface area (TPSA) is 20.2 Å². The van der Waals surface area contributed by atoms with Crippen molar-refractivity contribution in [2.24, 2.45) is 46.3 Å². The first kappa shape index (κ1) is 21.5. The molecule has 29 heavy (non-hydrogen) atoms. The predicted octanol–water partition coefficient (Wildman–Crippen LogP) is 8.47. The highest BCUT2D eigenvalue weighted by Crippen LogP contribution is 2.68. The minimum atomic E-state index is 0.451. The Morgan fingerprint density at radius 2 is 1.69 bits per heavy atom. The third kappa shape index (κ3) is 3.63. The van der Waals surface area contributed by atoms with Crippen LogP contribution in [0.5, 0.6) is 0 Å². The van der Waals surface area contributed by atoms with E-state index in [0.29, 0.717) is 16.6 Å². The van der Waals surface area contributed by atoms with Gasteiger partial charge in [-0.2, -0.15) is 0 Å². The van der Waals surface area contributed by atoms with Crippen LogP contribution in [-0.4, -0.2) is 5.11 Å². The van der Waals surface area contributed by atoms with Gasteiger partial charge in [-0.05, 0) is 124 Å². The molecule has 0 aromatic rings. The number of aliphatic hydroxyl groups excluding tert-OH is 1. The second kappa shape index (κ2) is 8.08. The average Bonchev–Trinajstić information content (AvgIpc) is 3.04. The minimum Gasteiger partial charge on any atom is -0.512 e. The lowest BCUT2D eigenvalue weighted by Gasteiger charge is -2.61. The fourth-order valence-electron chi connectivity index (χ4n) is 9.01. The molecular weight excluding hydrogens is 352 g/mol. The van der Waals surface area contributed by atoms with Gasteiger partial charge >= 0.3 is 0 Å². The van der Waals surface area contributed by atoms with Crippen molar-refractivity contribution in [3.63, 3.8) is 0 Å². The van der Waals surface area contributed by atoms with E-state index in [0.717, 1.165) is 47.5 Å². The Morgan fingerprint density at radius 3 is 2.45 bits per heavy atom. The van der Waals surface area contributed by atoms with Crippen LogP contribution in [0.2, 0.25) is 0 Å². The molecule has 4 aliphatic rings. The maximum absolute atomic E-state index is 9.63. The molecule has 8 atom stereocenters. The van der Waals surface area contributed by atoms with Gasteiger partial charge in [0.15, 0.2) is 0 Å². The first-order valence-corrected chi connectivity index (χ1v) is 12.8. The zero-order valence-electron chi connectivity index (χ0n) is 19.8. The SMILES string of the molecule is CC(O)=C(C)C=CC[C@@H](C)[C@H]1CC[C@H]2[C@@H]3CCC4CCCC[C@]4(C)[C@H]3CC[C@]12C. The summed E-state index contributed by atoms with van der Waals surface area (Å²) in [6.07, 6.45) is 20.6. The molecule has 164 valence electrons. The van der Waals surface area contributed by atoms with Gasteiger partial charge in [0.25, 0.3) is 0 Å². The van der Waals surface area contributed by atoms with Crippen molar-refractivity contribution in [2.45, 2.75) is 105 Å². The van der Waals surface area contributed by atoms with Crippen molar-refractivity contribution in [1.29, 1.82) is 0 Å². The van der Waals surface area contributed by atoms with E-state index in [1.54, 1.807) is 6.92 Å². The highest BCUT2D eigenvalue weighted by Gasteiger charge is 2.59. The van der Waals surface area contributed by atoms with Crippen molar-refractivity contribution in [3.8, 4) is 0 Å². The van der Waals surface area contributed by atoms with Crippen LogP contribution in [0.1, 0.15) is 105 Å². The van der Waals surface area contributed by atoms with E-state index in [9.17, 15) is 5.11 Å². The van der Waals surface area contributed by atoms with Crippen LogP contribution in [0.15, 0.2) is 23.5 Å². The van der Waals surface area contributed by atoms with Gasteiger partial charge in [0.2, 0.25) is 0 Å². The van der Waals surface area contributed by atoms with Crippen molar-refractivity contribution in [1.82, 2.24) is 0 Å². The number of fused-ring (bicyclic) bond motifs is 5. The summed E-state index contributed by atoms with van der Waals surface area (Å²) < 4.78 is 0. The Labute approximate surface area is 180 Å². The lowest BCUT2D eigenvalue weighted by atomic mass is 9.44. The smallest absolute Gasteiger partial charge is 0.0920 e. The predicted molar refractivity (Wildman–Crippen MR) is 124 cm³/mol. The molecule has 1 N–H and O–H groups in total. The Kier molecular flexibility index (Phi) is 6.00. The molecule has 4 saturated carbocycles. The lowest BCUT2D eigenvalue weighted by Crippen LogP contribution is -2.53. The Balaban J connectivity index is 1.47. The number of aliphatic hydroxyl groups is 1. The molecule has 4 aliphatic carbocycles. The summed E-state index contributed by atoms with van der Waals surface area (Å²) in [5, 5.41) is 9.63. The molecule has 0 aromatic carbocycles. The second-order valence-corrected chi connectivity index (χ2v) is 12.0. The molecule has 0 aliphatic heterocycles. The first-order valence-electron chi connectivity index (χ1n) is 12.8. The van der Waals surface area contributed by atoms with Crippen LogP contribution in [0.4, 0.5) is 0 Å². The molecule has 0 aromatic heterocycles. The van der Waals surface area contributed by atoms with Crippen LogP contribution < -0.4 is 0 Å². The number of hydrogen-bond acceptors (Lipinski definition) is 1. The molecule has 0 bridgehead atoms. The summed E-state index contributed by atoms with van der Waals surface area (Å²) in [6, 6.07) is 0. The van der Waals surface area contributed by atoms with Gasteiger partial charge < -0.3 is 5.11 Å². The van der Waals surface area contributed by atoms with Crippen molar-refractivity contribution >= 4 is 0 Å². The van der Waals surface area contributed by atoms with E-state index in [1.165, 1.54) is 64.2 Å². The van der Waals surface area contributed by atoms with Crippen LogP contribution >= 0.6 is 0 Å². The van der Waals surface area contributed by atoms with Gasteiger partial charge in [-0.25, -0.2) is 0 Å². The summed E-state index contributed by atoms with van der Waals surface area (Å²) in [7, 11) is 0. The molecule has 1 heteroatoms. The molecule has 0 heterocycles. The van der Waals surface area contributed by atoms with Crippen molar-refractivity contribution < 1.29 is 5.11 Å². The molecule has 0 spiro atoms. The highest BCUT2D eigenvalue weighted by atomic mass is 16.3. The zero-order chi connectivity index (χ0) is 20.8. The average molecular weight is 399 g/mol. The maximum Gasteiger partial charge on any atom is 0.0920 e. The minimum absolute atomic E-state index is 0.451. The molecule has 4 fully saturated rings. The standard InChI is InChI=1S/C28H46O/c1-19(21(3)29)9-8-10-20(2)24-14-15-25-23-13-12-22-11-6-7-17-27(22,4)26(23)16-18-28(24,25)5/h8-9,20,22-26,29H,6-7,10-18H2,1-5H3/t20-,22?,23+,24-,25+,26+,27+,28-/m1/s1. The molecule has 4 rings (SSSR count). The van der Waals surface area contributed by atoms with Gasteiger partial charge in [-0.3, -0.25) is 0 Å².